The minimum Gasteiger partial charge on any atom is -0.501 e. The molecule has 0 spiro atoms. The van der Waals surface area contributed by atoms with Crippen molar-refractivity contribution in [3.05, 3.63) is 76.9 Å². The Kier molecular flexibility index (Phi) is 4.79. The SMILES string of the molecule is O=P(O)(O)C(O)=Cc1cn(-c2ccccc2)nc1-c1ccc(Cl)cc1. The van der Waals surface area contributed by atoms with Gasteiger partial charge in [0.05, 0.1) is 5.69 Å². The Morgan fingerprint density at radius 2 is 1.72 bits per heavy atom. The number of halogens is 1. The van der Waals surface area contributed by atoms with Crippen LogP contribution in [0.4, 0.5) is 0 Å². The summed E-state index contributed by atoms with van der Waals surface area (Å²) in [6, 6.07) is 16.1. The molecule has 0 aliphatic rings. The highest BCUT2D eigenvalue weighted by molar-refractivity contribution is 7.56. The third kappa shape index (κ3) is 4.00. The van der Waals surface area contributed by atoms with Crippen molar-refractivity contribution >= 4 is 25.3 Å². The zero-order valence-corrected chi connectivity index (χ0v) is 14.5. The summed E-state index contributed by atoms with van der Waals surface area (Å²) in [5, 5.41) is 14.7. The molecule has 6 nitrogen and oxygen atoms in total. The maximum atomic E-state index is 11.2. The van der Waals surface area contributed by atoms with Crippen LogP contribution < -0.4 is 0 Å². The van der Waals surface area contributed by atoms with Gasteiger partial charge in [0, 0.05) is 22.3 Å². The zero-order chi connectivity index (χ0) is 18.0. The summed E-state index contributed by atoms with van der Waals surface area (Å²) < 4.78 is 12.8. The molecule has 0 aliphatic heterocycles. The first-order chi connectivity index (χ1) is 11.8. The predicted molar refractivity (Wildman–Crippen MR) is 96.7 cm³/mol. The molecule has 3 rings (SSSR count). The van der Waals surface area contributed by atoms with E-state index in [1.54, 1.807) is 35.1 Å². The second kappa shape index (κ2) is 6.86. The van der Waals surface area contributed by atoms with Crippen molar-refractivity contribution in [1.82, 2.24) is 9.78 Å². The van der Waals surface area contributed by atoms with Gasteiger partial charge in [0.1, 0.15) is 5.69 Å². The van der Waals surface area contributed by atoms with E-state index >= 15 is 0 Å². The lowest BCUT2D eigenvalue weighted by atomic mass is 10.1. The van der Waals surface area contributed by atoms with Crippen LogP contribution >= 0.6 is 19.2 Å². The number of hydrogen-bond donors (Lipinski definition) is 3. The van der Waals surface area contributed by atoms with Gasteiger partial charge in [-0.3, -0.25) is 4.57 Å². The Balaban J connectivity index is 2.16. The van der Waals surface area contributed by atoms with Gasteiger partial charge in [0.2, 0.25) is 5.50 Å². The van der Waals surface area contributed by atoms with Crippen LogP contribution in [-0.2, 0) is 4.57 Å². The first-order valence-corrected chi connectivity index (χ1v) is 9.21. The van der Waals surface area contributed by atoms with Crippen LogP contribution in [0.1, 0.15) is 5.56 Å². The molecular formula is C17H14ClN2O4P. The molecule has 8 heteroatoms. The van der Waals surface area contributed by atoms with E-state index in [2.05, 4.69) is 5.10 Å². The van der Waals surface area contributed by atoms with E-state index in [0.29, 0.717) is 21.8 Å². The van der Waals surface area contributed by atoms with E-state index in [1.807, 2.05) is 30.3 Å². The van der Waals surface area contributed by atoms with Crippen molar-refractivity contribution < 1.29 is 19.5 Å². The van der Waals surface area contributed by atoms with E-state index < -0.39 is 13.1 Å². The maximum absolute atomic E-state index is 11.2. The Hall–Kier alpha value is -2.37. The molecule has 128 valence electrons. The molecule has 0 saturated heterocycles. The summed E-state index contributed by atoms with van der Waals surface area (Å²) >= 11 is 5.90. The van der Waals surface area contributed by atoms with Crippen LogP contribution in [-0.4, -0.2) is 24.7 Å². The van der Waals surface area contributed by atoms with Gasteiger partial charge in [-0.25, -0.2) is 4.68 Å². The number of nitrogens with zero attached hydrogens (tertiary/aromatic N) is 2. The summed E-state index contributed by atoms with van der Waals surface area (Å²) in [4.78, 5) is 18.2. The quantitative estimate of drug-likeness (QED) is 0.468. The molecule has 1 heterocycles. The number of aromatic nitrogens is 2. The highest BCUT2D eigenvalue weighted by atomic mass is 35.5. The average molecular weight is 377 g/mol. The van der Waals surface area contributed by atoms with Crippen molar-refractivity contribution in [1.29, 1.82) is 0 Å². The minimum atomic E-state index is -4.75. The molecule has 0 fully saturated rings. The highest BCUT2D eigenvalue weighted by Gasteiger charge is 2.21. The van der Waals surface area contributed by atoms with Gasteiger partial charge in [0.25, 0.3) is 0 Å². The maximum Gasteiger partial charge on any atom is 0.390 e. The van der Waals surface area contributed by atoms with Crippen LogP contribution in [0, 0.1) is 0 Å². The lowest BCUT2D eigenvalue weighted by Crippen LogP contribution is -1.93. The van der Waals surface area contributed by atoms with E-state index in [0.717, 1.165) is 11.8 Å². The van der Waals surface area contributed by atoms with Crippen molar-refractivity contribution in [2.75, 3.05) is 0 Å². The first-order valence-electron chi connectivity index (χ1n) is 7.22. The second-order valence-electron chi connectivity index (χ2n) is 5.27. The summed E-state index contributed by atoms with van der Waals surface area (Å²) in [7, 11) is -4.75. The molecule has 0 amide bonds. The molecule has 3 N–H and O–H groups in total. The fourth-order valence-corrected chi connectivity index (χ4v) is 2.69. The van der Waals surface area contributed by atoms with Gasteiger partial charge in [0.15, 0.2) is 0 Å². The molecule has 0 saturated carbocycles. The smallest absolute Gasteiger partial charge is 0.390 e. The molecular weight excluding hydrogens is 363 g/mol. The Morgan fingerprint density at radius 3 is 2.32 bits per heavy atom. The minimum absolute atomic E-state index is 0.368. The monoisotopic (exact) mass is 376 g/mol. The molecule has 25 heavy (non-hydrogen) atoms. The molecule has 3 aromatic rings. The normalized spacial score (nSPS) is 12.4. The number of aliphatic hydroxyl groups is 1. The second-order valence-corrected chi connectivity index (χ2v) is 7.25. The van der Waals surface area contributed by atoms with Crippen LogP contribution in [0.15, 0.2) is 66.3 Å². The fraction of sp³-hybridized carbons (Fsp3) is 0. The molecule has 0 unspecified atom stereocenters. The highest BCUT2D eigenvalue weighted by Crippen LogP contribution is 2.44. The number of para-hydroxylation sites is 1. The largest absolute Gasteiger partial charge is 0.501 e. The van der Waals surface area contributed by atoms with E-state index in [9.17, 15) is 9.67 Å². The van der Waals surface area contributed by atoms with Crippen molar-refractivity contribution in [3.8, 4) is 16.9 Å². The Bertz CT molecular complexity index is 962. The standard InChI is InChI=1S/C17H14ClN2O4P/c18-14-8-6-12(7-9-14)17-13(10-16(21)25(22,23)24)11-20(19-17)15-4-2-1-3-5-15/h1-11,21H,(H2,22,23,24). The van der Waals surface area contributed by atoms with Gasteiger partial charge in [-0.05, 0) is 30.3 Å². The molecule has 1 aromatic heterocycles. The molecule has 0 bridgehead atoms. The van der Waals surface area contributed by atoms with Crippen LogP contribution in [0.25, 0.3) is 23.0 Å². The summed E-state index contributed by atoms with van der Waals surface area (Å²) in [6.07, 6.45) is 2.61. The Labute approximate surface area is 148 Å². The van der Waals surface area contributed by atoms with Crippen molar-refractivity contribution in [2.24, 2.45) is 0 Å². The molecule has 0 aliphatic carbocycles. The van der Waals surface area contributed by atoms with Crippen LogP contribution in [0.2, 0.25) is 5.02 Å². The van der Waals surface area contributed by atoms with Gasteiger partial charge >= 0.3 is 7.60 Å². The van der Waals surface area contributed by atoms with E-state index in [-0.39, 0.29) is 0 Å². The van der Waals surface area contributed by atoms with Gasteiger partial charge in [-0.1, -0.05) is 41.9 Å². The van der Waals surface area contributed by atoms with Crippen LogP contribution in [0.5, 0.6) is 0 Å². The van der Waals surface area contributed by atoms with E-state index in [1.165, 1.54) is 0 Å². The number of benzene rings is 2. The topological polar surface area (TPSA) is 95.6 Å². The zero-order valence-electron chi connectivity index (χ0n) is 12.8. The fourth-order valence-electron chi connectivity index (χ4n) is 2.26. The average Bonchev–Trinajstić information content (AvgIpc) is 2.99. The third-order valence-corrected chi connectivity index (χ3v) is 4.44. The van der Waals surface area contributed by atoms with E-state index in [4.69, 9.17) is 21.4 Å². The number of hydrogen-bond acceptors (Lipinski definition) is 3. The van der Waals surface area contributed by atoms with Gasteiger partial charge in [-0.2, -0.15) is 5.10 Å². The van der Waals surface area contributed by atoms with Crippen molar-refractivity contribution in [2.45, 2.75) is 0 Å². The molecule has 0 atom stereocenters. The third-order valence-electron chi connectivity index (χ3n) is 3.46. The predicted octanol–water partition coefficient (Wildman–Crippen LogP) is 4.23. The number of rotatable bonds is 4. The van der Waals surface area contributed by atoms with Crippen molar-refractivity contribution in [3.63, 3.8) is 0 Å². The van der Waals surface area contributed by atoms with Gasteiger partial charge < -0.3 is 14.9 Å². The number of aliphatic hydroxyl groups excluding tert-OH is 1. The lowest BCUT2D eigenvalue weighted by Gasteiger charge is -2.02. The summed E-state index contributed by atoms with van der Waals surface area (Å²) in [6.45, 7) is 0. The summed E-state index contributed by atoms with van der Waals surface area (Å²) in [5.41, 5.74) is 1.28. The lowest BCUT2D eigenvalue weighted by molar-refractivity contribution is 0.339. The Morgan fingerprint density at radius 1 is 1.08 bits per heavy atom. The molecule has 0 radical (unpaired) electrons. The summed E-state index contributed by atoms with van der Waals surface area (Å²) in [5.74, 6) is 0. The van der Waals surface area contributed by atoms with Gasteiger partial charge in [-0.15, -0.1) is 0 Å². The molecule has 2 aromatic carbocycles. The first kappa shape index (κ1) is 17.5. The van der Waals surface area contributed by atoms with Crippen LogP contribution in [0.3, 0.4) is 0 Å².